The lowest BCUT2D eigenvalue weighted by Crippen LogP contribution is -2.38. The van der Waals surface area contributed by atoms with Crippen LogP contribution in [0.2, 0.25) is 0 Å². The van der Waals surface area contributed by atoms with Crippen molar-refractivity contribution >= 4 is 17.5 Å². The first-order valence-electron chi connectivity index (χ1n) is 13.8. The van der Waals surface area contributed by atoms with Crippen LogP contribution in [-0.4, -0.2) is 34.8 Å². The van der Waals surface area contributed by atoms with Gasteiger partial charge < -0.3 is 16.0 Å². The first-order chi connectivity index (χ1) is 18.6. The van der Waals surface area contributed by atoms with Crippen LogP contribution in [0.1, 0.15) is 64.9 Å². The summed E-state index contributed by atoms with van der Waals surface area (Å²) in [5.74, 6) is -0.0370. The number of anilines is 1. The lowest BCUT2D eigenvalue weighted by Gasteiger charge is -2.34. The molecule has 3 aromatic rings. The highest BCUT2D eigenvalue weighted by Gasteiger charge is 2.27. The van der Waals surface area contributed by atoms with E-state index in [2.05, 4.69) is 10.3 Å². The Hall–Kier alpha value is -3.58. The van der Waals surface area contributed by atoms with Gasteiger partial charge in [0.15, 0.2) is 0 Å². The predicted molar refractivity (Wildman–Crippen MR) is 154 cm³/mol. The number of carbonyl (C=O) groups excluding carboxylic acids is 2. The number of aromatic nitrogens is 1. The number of nitrogens with zero attached hydrogens (tertiary/aromatic N) is 2. The number of carbonyl (C=O) groups is 2. The lowest BCUT2D eigenvalue weighted by molar-refractivity contribution is -0.130. The van der Waals surface area contributed by atoms with Gasteiger partial charge in [0.1, 0.15) is 5.82 Å². The van der Waals surface area contributed by atoms with Crippen LogP contribution in [-0.2, 0) is 15.1 Å². The van der Waals surface area contributed by atoms with E-state index in [9.17, 15) is 9.59 Å². The van der Waals surface area contributed by atoms with Crippen molar-refractivity contribution < 1.29 is 14.0 Å². The second kappa shape index (κ2) is 12.1. The van der Waals surface area contributed by atoms with Crippen molar-refractivity contribution in [2.75, 3.05) is 12.4 Å². The summed E-state index contributed by atoms with van der Waals surface area (Å²) in [6, 6.07) is 17.0. The third-order valence-corrected chi connectivity index (χ3v) is 8.18. The molecule has 206 valence electrons. The number of benzene rings is 2. The molecule has 1 saturated carbocycles. The van der Waals surface area contributed by atoms with Gasteiger partial charge in [0.2, 0.25) is 11.8 Å². The molecule has 4 rings (SSSR count). The molecule has 1 heterocycles. The third kappa shape index (κ3) is 6.71. The minimum Gasteiger partial charge on any atom is -0.343 e. The maximum atomic E-state index is 15.2. The monoisotopic (exact) mass is 530 g/mol. The Labute approximate surface area is 230 Å². The summed E-state index contributed by atoms with van der Waals surface area (Å²) in [6.07, 6.45) is 6.35. The van der Waals surface area contributed by atoms with Gasteiger partial charge >= 0.3 is 0 Å². The average molecular weight is 531 g/mol. The predicted octanol–water partition coefficient (Wildman–Crippen LogP) is 6.50. The molecular formula is C32H39FN4O2. The number of nitrogens with two attached hydrogens (primary N) is 1. The molecule has 1 fully saturated rings. The van der Waals surface area contributed by atoms with Crippen molar-refractivity contribution in [3.63, 3.8) is 0 Å². The Morgan fingerprint density at radius 1 is 1.08 bits per heavy atom. The second-order valence-corrected chi connectivity index (χ2v) is 11.0. The molecule has 7 heteroatoms. The molecule has 2 aromatic carbocycles. The number of rotatable bonds is 8. The van der Waals surface area contributed by atoms with Gasteiger partial charge in [-0.3, -0.25) is 14.6 Å². The maximum absolute atomic E-state index is 15.2. The summed E-state index contributed by atoms with van der Waals surface area (Å²) in [5, 5.41) is 3.02. The van der Waals surface area contributed by atoms with Gasteiger partial charge in [0.25, 0.3) is 0 Å². The molecule has 39 heavy (non-hydrogen) atoms. The topological polar surface area (TPSA) is 88.3 Å². The summed E-state index contributed by atoms with van der Waals surface area (Å²) < 4.78 is 15.2. The molecule has 2 amide bonds. The fourth-order valence-corrected chi connectivity index (χ4v) is 5.38. The molecule has 6 nitrogen and oxygen atoms in total. The molecule has 1 aromatic heterocycles. The van der Waals surface area contributed by atoms with Crippen molar-refractivity contribution in [2.45, 2.75) is 70.9 Å². The molecule has 1 aliphatic carbocycles. The van der Waals surface area contributed by atoms with E-state index < -0.39 is 5.54 Å². The Kier molecular flexibility index (Phi) is 8.80. The molecular weight excluding hydrogens is 491 g/mol. The first kappa shape index (κ1) is 28.4. The maximum Gasteiger partial charge on any atom is 0.224 e. The fourth-order valence-electron chi connectivity index (χ4n) is 5.38. The average Bonchev–Trinajstić information content (AvgIpc) is 2.93. The van der Waals surface area contributed by atoms with E-state index in [1.807, 2.05) is 68.3 Å². The van der Waals surface area contributed by atoms with Crippen LogP contribution in [0, 0.1) is 11.7 Å². The van der Waals surface area contributed by atoms with Crippen LogP contribution in [0.15, 0.2) is 60.8 Å². The highest BCUT2D eigenvalue weighted by atomic mass is 19.1. The highest BCUT2D eigenvalue weighted by molar-refractivity contribution is 5.93. The van der Waals surface area contributed by atoms with Gasteiger partial charge in [-0.1, -0.05) is 49.4 Å². The summed E-state index contributed by atoms with van der Waals surface area (Å²) >= 11 is 0. The summed E-state index contributed by atoms with van der Waals surface area (Å²) in [6.45, 7) is 5.36. The zero-order valence-electron chi connectivity index (χ0n) is 23.3. The molecule has 0 aliphatic heterocycles. The van der Waals surface area contributed by atoms with Gasteiger partial charge in [0.05, 0.1) is 17.6 Å². The van der Waals surface area contributed by atoms with E-state index in [0.717, 1.165) is 36.8 Å². The molecule has 1 unspecified atom stereocenters. The van der Waals surface area contributed by atoms with E-state index in [0.29, 0.717) is 41.3 Å². The highest BCUT2D eigenvalue weighted by Crippen LogP contribution is 2.35. The molecule has 0 spiro atoms. The second-order valence-electron chi connectivity index (χ2n) is 11.0. The normalized spacial score (nSPS) is 18.7. The number of amides is 2. The summed E-state index contributed by atoms with van der Waals surface area (Å²) in [5.41, 5.74) is 9.63. The molecule has 3 N–H and O–H groups in total. The van der Waals surface area contributed by atoms with Crippen LogP contribution in [0.25, 0.3) is 22.4 Å². The standard InChI is InChI=1S/C32H39FN4O2/c1-5-32(3,34)28-16-13-24(18-29(28)33)31-27(23-9-7-6-8-10-23)19-25(20-35-31)36-30(39)17-22-11-14-26(15-12-22)37(4)21(2)38/h6-10,13,16,18-20,22,26H,5,11-12,14-15,17,34H2,1-4H3,(H,36,39)/t22-,26-,32?. The molecule has 0 radical (unpaired) electrons. The van der Waals surface area contributed by atoms with Crippen molar-refractivity contribution in [2.24, 2.45) is 11.7 Å². The zero-order chi connectivity index (χ0) is 28.2. The minimum absolute atomic E-state index is 0.0517. The number of halogens is 1. The van der Waals surface area contributed by atoms with E-state index in [4.69, 9.17) is 5.73 Å². The first-order valence-corrected chi connectivity index (χ1v) is 13.8. The Bertz CT molecular complexity index is 1320. The summed E-state index contributed by atoms with van der Waals surface area (Å²) in [7, 11) is 1.85. The van der Waals surface area contributed by atoms with Crippen molar-refractivity contribution in [3.05, 3.63) is 72.2 Å². The Morgan fingerprint density at radius 2 is 1.77 bits per heavy atom. The quantitative estimate of drug-likeness (QED) is 0.348. The summed E-state index contributed by atoms with van der Waals surface area (Å²) in [4.78, 5) is 31.1. The van der Waals surface area contributed by atoms with E-state index in [1.165, 1.54) is 6.07 Å². The van der Waals surface area contributed by atoms with E-state index in [1.54, 1.807) is 19.2 Å². The molecule has 0 saturated heterocycles. The zero-order valence-corrected chi connectivity index (χ0v) is 23.3. The number of hydrogen-bond donors (Lipinski definition) is 2. The van der Waals surface area contributed by atoms with Gasteiger partial charge in [-0.2, -0.15) is 0 Å². The van der Waals surface area contributed by atoms with Gasteiger partial charge in [-0.25, -0.2) is 4.39 Å². The van der Waals surface area contributed by atoms with Crippen molar-refractivity contribution in [3.8, 4) is 22.4 Å². The van der Waals surface area contributed by atoms with Crippen LogP contribution >= 0.6 is 0 Å². The van der Waals surface area contributed by atoms with Crippen molar-refractivity contribution in [1.29, 1.82) is 0 Å². The molecule has 1 atom stereocenters. The Balaban J connectivity index is 1.53. The SMILES string of the molecule is CCC(C)(N)c1ccc(-c2ncc(NC(=O)C[C@H]3CC[C@H](N(C)C(C)=O)CC3)cc2-c2ccccc2)cc1F. The molecule has 1 aliphatic rings. The fraction of sp³-hybridized carbons (Fsp3) is 0.406. The molecule has 0 bridgehead atoms. The van der Waals surface area contributed by atoms with Crippen molar-refractivity contribution in [1.82, 2.24) is 9.88 Å². The number of nitrogens with one attached hydrogen (secondary N) is 1. The smallest absolute Gasteiger partial charge is 0.224 e. The van der Waals surface area contributed by atoms with Crippen LogP contribution in [0.3, 0.4) is 0 Å². The third-order valence-electron chi connectivity index (χ3n) is 8.18. The van der Waals surface area contributed by atoms with Gasteiger partial charge in [-0.15, -0.1) is 0 Å². The van der Waals surface area contributed by atoms with Gasteiger partial charge in [0, 0.05) is 48.7 Å². The Morgan fingerprint density at radius 3 is 2.38 bits per heavy atom. The lowest BCUT2D eigenvalue weighted by atomic mass is 9.83. The van der Waals surface area contributed by atoms with Crippen LogP contribution in [0.4, 0.5) is 10.1 Å². The largest absolute Gasteiger partial charge is 0.343 e. The number of hydrogen-bond acceptors (Lipinski definition) is 4. The van der Waals surface area contributed by atoms with Crippen LogP contribution in [0.5, 0.6) is 0 Å². The number of pyridine rings is 1. The van der Waals surface area contributed by atoms with Gasteiger partial charge in [-0.05, 0) is 62.6 Å². The van der Waals surface area contributed by atoms with E-state index in [-0.39, 0.29) is 23.7 Å². The van der Waals surface area contributed by atoms with Crippen LogP contribution < -0.4 is 11.1 Å². The van der Waals surface area contributed by atoms with E-state index >= 15 is 4.39 Å². The minimum atomic E-state index is -0.755.